The van der Waals surface area contributed by atoms with E-state index >= 15 is 0 Å². The molecule has 0 saturated carbocycles. The molecule has 0 aliphatic rings. The van der Waals surface area contributed by atoms with E-state index in [9.17, 15) is 0 Å². The van der Waals surface area contributed by atoms with Gasteiger partial charge in [-0.3, -0.25) is 0 Å². The quantitative estimate of drug-likeness (QED) is 0.375. The van der Waals surface area contributed by atoms with Gasteiger partial charge in [-0.25, -0.2) is 0 Å². The van der Waals surface area contributed by atoms with Gasteiger partial charge in [0, 0.05) is 0 Å². The molecule has 0 fully saturated rings. The van der Waals surface area contributed by atoms with Gasteiger partial charge in [0.05, 0.1) is 0 Å². The van der Waals surface area contributed by atoms with E-state index < -0.39 is 0 Å². The fourth-order valence-corrected chi connectivity index (χ4v) is 4.05. The second-order valence-corrected chi connectivity index (χ2v) is 8.21. The molecule has 0 aromatic rings. The van der Waals surface area contributed by atoms with Gasteiger partial charge in [-0.15, -0.1) is 0 Å². The average molecular weight is 253 g/mol. The van der Waals surface area contributed by atoms with Gasteiger partial charge in [0.25, 0.3) is 0 Å². The predicted molar refractivity (Wildman–Crippen MR) is 61.2 cm³/mol. The van der Waals surface area contributed by atoms with Gasteiger partial charge in [-0.1, -0.05) is 0 Å². The zero-order valence-corrected chi connectivity index (χ0v) is 11.8. The Hall–Kier alpha value is 0.439. The molecule has 0 aromatic carbocycles. The van der Waals surface area contributed by atoms with Crippen LogP contribution < -0.4 is 0 Å². The SMILES string of the molecule is C[N+](C)(C)CC[Se]CC[N+](C)(C)C. The van der Waals surface area contributed by atoms with Crippen LogP contribution in [-0.2, 0) is 0 Å². The number of hydrogen-bond donors (Lipinski definition) is 0. The predicted octanol–water partition coefficient (Wildman–Crippen LogP) is 0.940. The Balaban J connectivity index is 3.28. The van der Waals surface area contributed by atoms with E-state index in [0.717, 1.165) is 23.9 Å². The van der Waals surface area contributed by atoms with Crippen LogP contribution in [0.3, 0.4) is 0 Å². The molecular weight excluding hydrogens is 227 g/mol. The first-order valence-corrected chi connectivity index (χ1v) is 7.32. The number of hydrogen-bond acceptors (Lipinski definition) is 0. The van der Waals surface area contributed by atoms with Crippen LogP contribution in [0.2, 0.25) is 10.6 Å². The maximum atomic E-state index is 2.27. The van der Waals surface area contributed by atoms with E-state index in [1.807, 2.05) is 0 Å². The molecule has 2 nitrogen and oxygen atoms in total. The standard InChI is InChI=1S/C10H26N2Se/c1-11(2,3)7-9-13-10-8-12(4,5)6/h7-10H2,1-6H3/q+2. The van der Waals surface area contributed by atoms with Crippen molar-refractivity contribution < 1.29 is 8.97 Å². The van der Waals surface area contributed by atoms with Crippen LogP contribution >= 0.6 is 0 Å². The molecule has 0 saturated heterocycles. The van der Waals surface area contributed by atoms with Crippen molar-refractivity contribution in [2.75, 3.05) is 55.4 Å². The molecule has 0 rings (SSSR count). The summed E-state index contributed by atoms with van der Waals surface area (Å²) in [6.07, 6.45) is 0. The summed E-state index contributed by atoms with van der Waals surface area (Å²) in [5, 5.41) is 2.85. The average Bonchev–Trinajstić information content (AvgIpc) is 1.81. The molecule has 0 unspecified atom stereocenters. The molecule has 80 valence electrons. The molecule has 0 aromatic heterocycles. The van der Waals surface area contributed by atoms with Crippen LogP contribution in [0.1, 0.15) is 0 Å². The summed E-state index contributed by atoms with van der Waals surface area (Å²) in [7, 11) is 13.6. The minimum absolute atomic E-state index is 0.858. The van der Waals surface area contributed by atoms with Crippen LogP contribution in [-0.4, -0.2) is 79.3 Å². The van der Waals surface area contributed by atoms with Crippen molar-refractivity contribution in [1.29, 1.82) is 0 Å². The van der Waals surface area contributed by atoms with Gasteiger partial charge in [0.2, 0.25) is 0 Å². The van der Waals surface area contributed by atoms with Gasteiger partial charge < -0.3 is 0 Å². The summed E-state index contributed by atoms with van der Waals surface area (Å²) in [6, 6.07) is 0. The first-order valence-electron chi connectivity index (χ1n) is 4.89. The van der Waals surface area contributed by atoms with Crippen molar-refractivity contribution in [3.05, 3.63) is 0 Å². The van der Waals surface area contributed by atoms with E-state index in [0.29, 0.717) is 0 Å². The van der Waals surface area contributed by atoms with Crippen LogP contribution in [0.4, 0.5) is 0 Å². The third-order valence-electron chi connectivity index (χ3n) is 1.81. The molecule has 0 spiro atoms. The summed E-state index contributed by atoms with van der Waals surface area (Å²) in [6.45, 7) is 2.66. The summed E-state index contributed by atoms with van der Waals surface area (Å²) in [5.41, 5.74) is 0. The van der Waals surface area contributed by atoms with Crippen molar-refractivity contribution >= 4 is 15.0 Å². The zero-order chi connectivity index (χ0) is 10.5. The molecule has 0 bridgehead atoms. The monoisotopic (exact) mass is 254 g/mol. The molecule has 13 heavy (non-hydrogen) atoms. The zero-order valence-electron chi connectivity index (χ0n) is 10.1. The van der Waals surface area contributed by atoms with Crippen LogP contribution in [0.5, 0.6) is 0 Å². The molecule has 0 aliphatic heterocycles. The van der Waals surface area contributed by atoms with Gasteiger partial charge in [0.1, 0.15) is 0 Å². The fraction of sp³-hybridized carbons (Fsp3) is 1.00. The molecule has 0 N–H and O–H groups in total. The second-order valence-electron chi connectivity index (χ2n) is 5.64. The Morgan fingerprint density at radius 1 is 0.692 bits per heavy atom. The Kier molecular flexibility index (Phi) is 5.53. The van der Waals surface area contributed by atoms with Gasteiger partial charge >= 0.3 is 89.9 Å². The van der Waals surface area contributed by atoms with E-state index in [2.05, 4.69) is 42.3 Å². The minimum atomic E-state index is 0.858. The van der Waals surface area contributed by atoms with E-state index in [1.54, 1.807) is 0 Å². The molecule has 0 amide bonds. The molecule has 3 heteroatoms. The topological polar surface area (TPSA) is 0 Å². The number of rotatable bonds is 6. The Morgan fingerprint density at radius 2 is 1.00 bits per heavy atom. The second kappa shape index (κ2) is 5.35. The summed E-state index contributed by atoms with van der Waals surface area (Å²) < 4.78 is 2.23. The molecule has 0 aliphatic carbocycles. The van der Waals surface area contributed by atoms with E-state index in [-0.39, 0.29) is 0 Å². The van der Waals surface area contributed by atoms with Gasteiger partial charge in [-0.05, 0) is 0 Å². The first-order chi connectivity index (χ1) is 5.71. The number of quaternary nitrogens is 2. The molecular formula is C10H26N2Se+2. The maximum absolute atomic E-state index is 2.27. The molecule has 0 radical (unpaired) electrons. The van der Waals surface area contributed by atoms with E-state index in [1.165, 1.54) is 23.7 Å². The number of nitrogens with zero attached hydrogens (tertiary/aromatic N) is 2. The van der Waals surface area contributed by atoms with Gasteiger partial charge in [0.15, 0.2) is 0 Å². The van der Waals surface area contributed by atoms with Crippen molar-refractivity contribution in [2.45, 2.75) is 10.6 Å². The summed E-state index contributed by atoms with van der Waals surface area (Å²) >= 11 is 0.858. The fourth-order valence-electron chi connectivity index (χ4n) is 0.779. The van der Waals surface area contributed by atoms with Crippen molar-refractivity contribution in [2.24, 2.45) is 0 Å². The van der Waals surface area contributed by atoms with Crippen molar-refractivity contribution in [3.8, 4) is 0 Å². The van der Waals surface area contributed by atoms with E-state index in [4.69, 9.17) is 0 Å². The van der Waals surface area contributed by atoms with Crippen molar-refractivity contribution in [1.82, 2.24) is 0 Å². The van der Waals surface area contributed by atoms with Crippen LogP contribution in [0.15, 0.2) is 0 Å². The Bertz CT molecular complexity index is 117. The third kappa shape index (κ3) is 12.4. The summed E-state index contributed by atoms with van der Waals surface area (Å²) in [4.78, 5) is 0. The summed E-state index contributed by atoms with van der Waals surface area (Å²) in [5.74, 6) is 0. The third-order valence-corrected chi connectivity index (χ3v) is 3.79. The van der Waals surface area contributed by atoms with Crippen molar-refractivity contribution in [3.63, 3.8) is 0 Å². The first kappa shape index (κ1) is 13.4. The van der Waals surface area contributed by atoms with Crippen LogP contribution in [0, 0.1) is 0 Å². The molecule has 0 heterocycles. The normalized spacial score (nSPS) is 13.4. The Labute approximate surface area is 90.2 Å². The van der Waals surface area contributed by atoms with Crippen LogP contribution in [0.25, 0.3) is 0 Å². The van der Waals surface area contributed by atoms with Gasteiger partial charge in [-0.2, -0.15) is 0 Å². The molecule has 0 atom stereocenters. The Morgan fingerprint density at radius 3 is 1.23 bits per heavy atom.